The number of piperidine rings is 1. The molecule has 0 saturated carbocycles. The highest BCUT2D eigenvalue weighted by Crippen LogP contribution is 2.32. The van der Waals surface area contributed by atoms with E-state index in [1.165, 1.54) is 53.2 Å². The lowest BCUT2D eigenvalue weighted by Crippen LogP contribution is -2.33. The van der Waals surface area contributed by atoms with Gasteiger partial charge in [0.2, 0.25) is 0 Å². The summed E-state index contributed by atoms with van der Waals surface area (Å²) in [5.41, 5.74) is 1.42. The SMILES string of the molecule is Cc1ccc(C(=O)Nc2ccc(Oc3cc(N4CCC(=O)CC4)cnc3CC=N)c(F)c2)c(=O)n1-c1ccc(F)cc1. The molecule has 214 valence electrons. The largest absolute Gasteiger partial charge is 0.452 e. The van der Waals surface area contributed by atoms with Crippen LogP contribution in [0.3, 0.4) is 0 Å². The van der Waals surface area contributed by atoms with Crippen LogP contribution < -0.4 is 20.5 Å². The van der Waals surface area contributed by atoms with Gasteiger partial charge < -0.3 is 20.4 Å². The first-order valence-electron chi connectivity index (χ1n) is 13.3. The topological polar surface area (TPSA) is 117 Å². The number of nitrogens with one attached hydrogen (secondary N) is 2. The van der Waals surface area contributed by atoms with Crippen LogP contribution in [0.2, 0.25) is 0 Å². The van der Waals surface area contributed by atoms with E-state index in [-0.39, 0.29) is 35.0 Å². The number of carbonyl (C=O) groups excluding carboxylic acids is 2. The number of hydrogen-bond acceptors (Lipinski definition) is 7. The van der Waals surface area contributed by atoms with Crippen LogP contribution in [-0.4, -0.2) is 40.5 Å². The minimum Gasteiger partial charge on any atom is -0.452 e. The van der Waals surface area contributed by atoms with E-state index in [0.717, 1.165) is 11.8 Å². The number of ether oxygens (including phenoxy) is 1. The van der Waals surface area contributed by atoms with Crippen LogP contribution in [0.1, 0.15) is 34.6 Å². The Balaban J connectivity index is 1.36. The molecule has 0 atom stereocenters. The molecule has 0 aliphatic carbocycles. The number of pyridine rings is 2. The molecule has 0 bridgehead atoms. The van der Waals surface area contributed by atoms with Gasteiger partial charge in [0, 0.05) is 67.8 Å². The Labute approximate surface area is 239 Å². The standard InChI is InChI=1S/C31H27F2N5O4/c1-19-2-8-25(31(41)38(19)22-6-3-20(32)4-7-22)30(40)36-21-5-9-28(26(33)16-21)42-29-17-23(18-35-27(29)10-13-34)37-14-11-24(39)12-15-37/h2-9,13,16-18,34H,10-12,14-15H2,1H3,(H,36,40). The second-order valence-electron chi connectivity index (χ2n) is 9.78. The predicted octanol–water partition coefficient (Wildman–Crippen LogP) is 5.23. The van der Waals surface area contributed by atoms with Crippen molar-refractivity contribution in [3.05, 3.63) is 106 Å². The molecule has 11 heteroatoms. The molecule has 0 radical (unpaired) electrons. The maximum atomic E-state index is 15.2. The van der Waals surface area contributed by atoms with E-state index in [1.54, 1.807) is 25.3 Å². The zero-order valence-electron chi connectivity index (χ0n) is 22.7. The van der Waals surface area contributed by atoms with E-state index in [0.29, 0.717) is 43.0 Å². The number of hydrogen-bond donors (Lipinski definition) is 2. The van der Waals surface area contributed by atoms with Crippen LogP contribution in [0, 0.1) is 24.0 Å². The van der Waals surface area contributed by atoms with Gasteiger partial charge in [-0.3, -0.25) is 23.9 Å². The van der Waals surface area contributed by atoms with Crippen molar-refractivity contribution in [2.24, 2.45) is 0 Å². The zero-order valence-corrected chi connectivity index (χ0v) is 22.7. The smallest absolute Gasteiger partial charge is 0.268 e. The minimum absolute atomic E-state index is 0.0998. The van der Waals surface area contributed by atoms with Crippen LogP contribution in [0.15, 0.2) is 71.7 Å². The molecule has 2 aromatic heterocycles. The Morgan fingerprint density at radius 1 is 1.00 bits per heavy atom. The van der Waals surface area contributed by atoms with Crippen molar-refractivity contribution in [1.29, 1.82) is 5.41 Å². The first-order chi connectivity index (χ1) is 20.2. The van der Waals surface area contributed by atoms with E-state index in [2.05, 4.69) is 10.3 Å². The van der Waals surface area contributed by atoms with Crippen molar-refractivity contribution in [3.63, 3.8) is 0 Å². The number of amides is 1. The molecule has 1 aliphatic rings. The summed E-state index contributed by atoms with van der Waals surface area (Å²) in [6.45, 7) is 2.78. The highest BCUT2D eigenvalue weighted by Gasteiger charge is 2.20. The van der Waals surface area contributed by atoms with Crippen LogP contribution >= 0.6 is 0 Å². The third-order valence-corrected chi connectivity index (χ3v) is 6.91. The van der Waals surface area contributed by atoms with Gasteiger partial charge in [0.1, 0.15) is 17.2 Å². The Bertz CT molecular complexity index is 1730. The number of ketones is 1. The Hall–Kier alpha value is -5.19. The molecule has 42 heavy (non-hydrogen) atoms. The average Bonchev–Trinajstić information content (AvgIpc) is 2.97. The summed E-state index contributed by atoms with van der Waals surface area (Å²) >= 11 is 0. The monoisotopic (exact) mass is 571 g/mol. The summed E-state index contributed by atoms with van der Waals surface area (Å²) in [4.78, 5) is 44.2. The van der Waals surface area contributed by atoms with Gasteiger partial charge in [0.05, 0.1) is 17.6 Å². The second-order valence-corrected chi connectivity index (χ2v) is 9.78. The molecule has 3 heterocycles. The van der Waals surface area contributed by atoms with Crippen LogP contribution in [0.4, 0.5) is 20.2 Å². The van der Waals surface area contributed by atoms with Crippen molar-refractivity contribution < 1.29 is 23.1 Å². The summed E-state index contributed by atoms with van der Waals surface area (Å²) in [7, 11) is 0. The summed E-state index contributed by atoms with van der Waals surface area (Å²) in [5.74, 6) is -1.62. The Morgan fingerprint density at radius 3 is 2.43 bits per heavy atom. The lowest BCUT2D eigenvalue weighted by Gasteiger charge is -2.28. The number of aromatic nitrogens is 2. The molecule has 0 spiro atoms. The predicted molar refractivity (Wildman–Crippen MR) is 154 cm³/mol. The summed E-state index contributed by atoms with van der Waals surface area (Å²) < 4.78 is 35.7. The molecule has 9 nitrogen and oxygen atoms in total. The fourth-order valence-electron chi connectivity index (χ4n) is 4.68. The highest BCUT2D eigenvalue weighted by molar-refractivity contribution is 6.04. The molecule has 2 aromatic carbocycles. The number of carbonyl (C=O) groups is 2. The summed E-state index contributed by atoms with van der Waals surface area (Å²) in [6.07, 6.45) is 3.85. The summed E-state index contributed by atoms with van der Waals surface area (Å²) in [6, 6.07) is 13.8. The van der Waals surface area contributed by atoms with Gasteiger partial charge in [-0.15, -0.1) is 0 Å². The van der Waals surface area contributed by atoms with Gasteiger partial charge in [-0.1, -0.05) is 0 Å². The van der Waals surface area contributed by atoms with Gasteiger partial charge in [-0.2, -0.15) is 0 Å². The van der Waals surface area contributed by atoms with Crippen molar-refractivity contribution >= 4 is 29.3 Å². The number of nitrogens with zero attached hydrogens (tertiary/aromatic N) is 3. The number of anilines is 2. The number of benzene rings is 2. The number of aryl methyl sites for hydroxylation is 1. The summed E-state index contributed by atoms with van der Waals surface area (Å²) in [5, 5.41) is 10.0. The molecular formula is C31H27F2N5O4. The normalized spacial score (nSPS) is 13.1. The molecule has 1 saturated heterocycles. The van der Waals surface area contributed by atoms with Crippen LogP contribution in [0.5, 0.6) is 11.5 Å². The highest BCUT2D eigenvalue weighted by atomic mass is 19.1. The fourth-order valence-corrected chi connectivity index (χ4v) is 4.68. The van der Waals surface area contributed by atoms with Gasteiger partial charge in [0.25, 0.3) is 11.5 Å². The van der Waals surface area contributed by atoms with E-state index < -0.39 is 23.1 Å². The van der Waals surface area contributed by atoms with Gasteiger partial charge in [-0.05, 0) is 55.5 Å². The van der Waals surface area contributed by atoms with Crippen molar-refractivity contribution in [1.82, 2.24) is 9.55 Å². The van der Waals surface area contributed by atoms with E-state index in [1.807, 2.05) is 4.90 Å². The van der Waals surface area contributed by atoms with Crippen molar-refractivity contribution in [2.75, 3.05) is 23.3 Å². The maximum Gasteiger partial charge on any atom is 0.268 e. The molecule has 5 rings (SSSR count). The third-order valence-electron chi connectivity index (χ3n) is 6.91. The zero-order chi connectivity index (χ0) is 29.8. The van der Waals surface area contributed by atoms with E-state index >= 15 is 4.39 Å². The maximum absolute atomic E-state index is 15.2. The van der Waals surface area contributed by atoms with Gasteiger partial charge in [-0.25, -0.2) is 8.78 Å². The number of rotatable bonds is 8. The van der Waals surface area contributed by atoms with Crippen LogP contribution in [-0.2, 0) is 11.2 Å². The molecule has 2 N–H and O–H groups in total. The molecule has 0 unspecified atom stereocenters. The molecule has 4 aromatic rings. The number of halogens is 2. The van der Waals surface area contributed by atoms with Crippen molar-refractivity contribution in [2.45, 2.75) is 26.2 Å². The van der Waals surface area contributed by atoms with Gasteiger partial charge >= 0.3 is 0 Å². The van der Waals surface area contributed by atoms with E-state index in [4.69, 9.17) is 10.1 Å². The Morgan fingerprint density at radius 2 is 1.74 bits per heavy atom. The van der Waals surface area contributed by atoms with Crippen molar-refractivity contribution in [3.8, 4) is 17.2 Å². The van der Waals surface area contributed by atoms with Crippen LogP contribution in [0.25, 0.3) is 5.69 Å². The molecular weight excluding hydrogens is 544 g/mol. The molecule has 1 aliphatic heterocycles. The van der Waals surface area contributed by atoms with Gasteiger partial charge in [0.15, 0.2) is 17.3 Å². The molecule has 1 amide bonds. The first-order valence-corrected chi connectivity index (χ1v) is 13.3. The lowest BCUT2D eigenvalue weighted by molar-refractivity contribution is -0.119. The lowest BCUT2D eigenvalue weighted by atomic mass is 10.1. The quantitative estimate of drug-likeness (QED) is 0.280. The minimum atomic E-state index is -0.768. The molecule has 1 fully saturated rings. The average molecular weight is 572 g/mol. The Kier molecular flexibility index (Phi) is 8.19. The number of Topliss-reactive ketones (excluding diaryl/α,β-unsaturated/α-hetero) is 1. The fraction of sp³-hybridized carbons (Fsp3) is 0.194. The second kappa shape index (κ2) is 12.1. The first kappa shape index (κ1) is 28.3. The van der Waals surface area contributed by atoms with E-state index in [9.17, 15) is 18.8 Å². The third kappa shape index (κ3) is 6.09.